The molecule has 0 radical (unpaired) electrons. The van der Waals surface area contributed by atoms with E-state index < -0.39 is 17.6 Å². The molecule has 0 spiro atoms. The molecule has 1 amide bonds. The maximum atomic E-state index is 12.6. The zero-order valence-electron chi connectivity index (χ0n) is 10.1. The van der Waals surface area contributed by atoms with Gasteiger partial charge in [-0.15, -0.1) is 0 Å². The first kappa shape index (κ1) is 16.5. The first-order chi connectivity index (χ1) is 8.81. The van der Waals surface area contributed by atoms with Crippen molar-refractivity contribution in [3.63, 3.8) is 0 Å². The molecular weight excluding hydrogens is 391 g/mol. The zero-order valence-corrected chi connectivity index (χ0v) is 13.3. The van der Waals surface area contributed by atoms with Gasteiger partial charge in [-0.2, -0.15) is 13.2 Å². The molecule has 106 valence electrons. The van der Waals surface area contributed by atoms with Crippen molar-refractivity contribution < 1.29 is 18.0 Å². The first-order valence-corrected chi connectivity index (χ1v) is 7.44. The molecule has 1 aromatic rings. The molecule has 0 N–H and O–H groups in total. The Morgan fingerprint density at radius 1 is 1.37 bits per heavy atom. The van der Waals surface area contributed by atoms with E-state index in [1.165, 1.54) is 11.0 Å². The molecule has 19 heavy (non-hydrogen) atoms. The highest BCUT2D eigenvalue weighted by Gasteiger charge is 2.32. The van der Waals surface area contributed by atoms with Crippen LogP contribution in [0, 0.1) is 0 Å². The van der Waals surface area contributed by atoms with Gasteiger partial charge in [0, 0.05) is 22.9 Å². The van der Waals surface area contributed by atoms with Gasteiger partial charge < -0.3 is 4.90 Å². The van der Waals surface area contributed by atoms with E-state index in [2.05, 4.69) is 31.9 Å². The summed E-state index contributed by atoms with van der Waals surface area (Å²) in [4.78, 5) is 13.7. The summed E-state index contributed by atoms with van der Waals surface area (Å²) in [5.41, 5.74) is -0.799. The predicted octanol–water partition coefficient (Wildman–Crippen LogP) is 4.32. The minimum Gasteiger partial charge on any atom is -0.338 e. The smallest absolute Gasteiger partial charge is 0.338 e. The summed E-state index contributed by atoms with van der Waals surface area (Å²) in [6.45, 7) is 2.66. The average Bonchev–Trinajstić information content (AvgIpc) is 2.34. The van der Waals surface area contributed by atoms with E-state index in [9.17, 15) is 18.0 Å². The van der Waals surface area contributed by atoms with E-state index in [-0.39, 0.29) is 5.56 Å². The topological polar surface area (TPSA) is 20.3 Å². The molecule has 0 fully saturated rings. The number of carbonyl (C=O) groups excluding carboxylic acids is 1. The summed E-state index contributed by atoms with van der Waals surface area (Å²) in [5.74, 6) is -0.417. The molecule has 0 aliphatic heterocycles. The van der Waals surface area contributed by atoms with Crippen molar-refractivity contribution in [1.82, 2.24) is 4.90 Å². The van der Waals surface area contributed by atoms with Gasteiger partial charge in [0.15, 0.2) is 0 Å². The van der Waals surface area contributed by atoms with Crippen LogP contribution in [0.25, 0.3) is 0 Å². The fraction of sp³-hybridized carbons (Fsp3) is 0.417. The summed E-state index contributed by atoms with van der Waals surface area (Å²) in [5, 5.41) is 0.573. The summed E-state index contributed by atoms with van der Waals surface area (Å²) in [6.07, 6.45) is -4.46. The van der Waals surface area contributed by atoms with Crippen LogP contribution in [-0.2, 0) is 6.18 Å². The number of amides is 1. The molecule has 7 heteroatoms. The Bertz CT molecular complexity index is 463. The Balaban J connectivity index is 3.15. The summed E-state index contributed by atoms with van der Waals surface area (Å²) in [6, 6.07) is 3.07. The minimum absolute atomic E-state index is 0.0256. The van der Waals surface area contributed by atoms with Gasteiger partial charge in [0.25, 0.3) is 5.91 Å². The van der Waals surface area contributed by atoms with Gasteiger partial charge >= 0.3 is 6.18 Å². The van der Waals surface area contributed by atoms with Crippen molar-refractivity contribution in [3.05, 3.63) is 33.8 Å². The Labute approximate surface area is 126 Å². The van der Waals surface area contributed by atoms with E-state index in [4.69, 9.17) is 0 Å². The lowest BCUT2D eigenvalue weighted by Crippen LogP contribution is -2.32. The van der Waals surface area contributed by atoms with E-state index in [0.717, 1.165) is 12.1 Å². The molecule has 1 rings (SSSR count). The van der Waals surface area contributed by atoms with Crippen molar-refractivity contribution in [2.75, 3.05) is 18.4 Å². The maximum Gasteiger partial charge on any atom is 0.416 e. The SMILES string of the molecule is CCN(CCBr)C(=O)c1cc(C(F)(F)F)ccc1Br. The third kappa shape index (κ3) is 4.21. The Morgan fingerprint density at radius 2 is 2.00 bits per heavy atom. The lowest BCUT2D eigenvalue weighted by Gasteiger charge is -2.21. The van der Waals surface area contributed by atoms with Gasteiger partial charge in [-0.25, -0.2) is 0 Å². The fourth-order valence-electron chi connectivity index (χ4n) is 1.54. The molecule has 0 atom stereocenters. The summed E-state index contributed by atoms with van der Waals surface area (Å²) < 4.78 is 38.3. The van der Waals surface area contributed by atoms with Crippen LogP contribution in [0.4, 0.5) is 13.2 Å². The highest BCUT2D eigenvalue weighted by atomic mass is 79.9. The third-order valence-electron chi connectivity index (χ3n) is 2.55. The van der Waals surface area contributed by atoms with Crippen LogP contribution in [0.3, 0.4) is 0 Å². The van der Waals surface area contributed by atoms with Crippen LogP contribution < -0.4 is 0 Å². The van der Waals surface area contributed by atoms with E-state index in [1.807, 2.05) is 0 Å². The number of benzene rings is 1. The molecule has 0 bridgehead atoms. The van der Waals surface area contributed by atoms with Crippen LogP contribution >= 0.6 is 31.9 Å². The summed E-state index contributed by atoms with van der Waals surface area (Å²) >= 11 is 6.33. The van der Waals surface area contributed by atoms with Gasteiger partial charge in [0.2, 0.25) is 0 Å². The number of nitrogens with zero attached hydrogens (tertiary/aromatic N) is 1. The molecule has 2 nitrogen and oxygen atoms in total. The number of rotatable bonds is 4. The lowest BCUT2D eigenvalue weighted by molar-refractivity contribution is -0.137. The maximum absolute atomic E-state index is 12.6. The minimum atomic E-state index is -4.46. The standard InChI is InChI=1S/C12H12Br2F3NO/c1-2-18(6-5-13)11(19)9-7-8(12(15,16)17)3-4-10(9)14/h3-4,7H,2,5-6H2,1H3. The van der Waals surface area contributed by atoms with Crippen molar-refractivity contribution >= 4 is 37.8 Å². The molecule has 0 aliphatic rings. The zero-order chi connectivity index (χ0) is 14.6. The fourth-order valence-corrected chi connectivity index (χ4v) is 2.39. The molecule has 0 unspecified atom stereocenters. The van der Waals surface area contributed by atoms with E-state index in [0.29, 0.717) is 22.9 Å². The van der Waals surface area contributed by atoms with E-state index >= 15 is 0 Å². The van der Waals surface area contributed by atoms with Crippen molar-refractivity contribution in [3.8, 4) is 0 Å². The molecule has 0 saturated heterocycles. The van der Waals surface area contributed by atoms with Crippen molar-refractivity contribution in [2.45, 2.75) is 13.1 Å². The van der Waals surface area contributed by atoms with Crippen molar-refractivity contribution in [2.24, 2.45) is 0 Å². The van der Waals surface area contributed by atoms with Crippen LogP contribution in [0.2, 0.25) is 0 Å². The second-order valence-corrected chi connectivity index (χ2v) is 5.41. The van der Waals surface area contributed by atoms with E-state index in [1.54, 1.807) is 6.92 Å². The van der Waals surface area contributed by atoms with Gasteiger partial charge in [0.1, 0.15) is 0 Å². The monoisotopic (exact) mass is 401 g/mol. The van der Waals surface area contributed by atoms with Gasteiger partial charge in [-0.3, -0.25) is 4.79 Å². The Kier molecular flexibility index (Phi) is 5.85. The number of halogens is 5. The van der Waals surface area contributed by atoms with Crippen LogP contribution in [0.1, 0.15) is 22.8 Å². The number of carbonyl (C=O) groups is 1. The average molecular weight is 403 g/mol. The molecular formula is C12H12Br2F3NO. The Morgan fingerprint density at radius 3 is 2.47 bits per heavy atom. The normalized spacial score (nSPS) is 11.5. The molecule has 0 saturated carbocycles. The van der Waals surface area contributed by atoms with Gasteiger partial charge in [-0.05, 0) is 41.1 Å². The van der Waals surface area contributed by atoms with Gasteiger partial charge in [0.05, 0.1) is 11.1 Å². The van der Waals surface area contributed by atoms with Crippen LogP contribution in [-0.4, -0.2) is 29.2 Å². The Hall–Kier alpha value is -0.560. The number of hydrogen-bond acceptors (Lipinski definition) is 1. The second kappa shape index (κ2) is 6.74. The van der Waals surface area contributed by atoms with Crippen LogP contribution in [0.15, 0.2) is 22.7 Å². The third-order valence-corrected chi connectivity index (χ3v) is 3.59. The quantitative estimate of drug-likeness (QED) is 0.686. The lowest BCUT2D eigenvalue weighted by atomic mass is 10.1. The number of alkyl halides is 4. The molecule has 0 heterocycles. The van der Waals surface area contributed by atoms with Crippen molar-refractivity contribution in [1.29, 1.82) is 0 Å². The summed E-state index contributed by atoms with van der Waals surface area (Å²) in [7, 11) is 0. The van der Waals surface area contributed by atoms with Gasteiger partial charge in [-0.1, -0.05) is 15.9 Å². The highest BCUT2D eigenvalue weighted by Crippen LogP contribution is 2.32. The van der Waals surface area contributed by atoms with Crippen LogP contribution in [0.5, 0.6) is 0 Å². The number of hydrogen-bond donors (Lipinski definition) is 0. The first-order valence-electron chi connectivity index (χ1n) is 5.53. The largest absolute Gasteiger partial charge is 0.416 e. The predicted molar refractivity (Wildman–Crippen MR) is 74.5 cm³/mol. The highest BCUT2D eigenvalue weighted by molar-refractivity contribution is 9.10. The molecule has 0 aromatic heterocycles. The molecule has 1 aromatic carbocycles. The second-order valence-electron chi connectivity index (χ2n) is 3.77. The molecule has 0 aliphatic carbocycles.